The monoisotopic (exact) mass is 653 g/mol. The average Bonchev–Trinajstić information content (AvgIpc) is 3.69. The van der Waals surface area contributed by atoms with Crippen molar-refractivity contribution in [3.63, 3.8) is 0 Å². The van der Waals surface area contributed by atoms with Crippen LogP contribution in [0.3, 0.4) is 0 Å². The van der Waals surface area contributed by atoms with Crippen LogP contribution >= 0.6 is 11.8 Å². The molecule has 2 bridgehead atoms. The second kappa shape index (κ2) is 13.4. The van der Waals surface area contributed by atoms with Gasteiger partial charge in [0.25, 0.3) is 0 Å². The molecule has 4 fully saturated rings. The van der Waals surface area contributed by atoms with Crippen LogP contribution in [0.25, 0.3) is 0 Å². The molecule has 2 amide bonds. The van der Waals surface area contributed by atoms with Crippen LogP contribution in [-0.4, -0.2) is 70.7 Å². The van der Waals surface area contributed by atoms with Gasteiger partial charge in [-0.25, -0.2) is 0 Å². The van der Waals surface area contributed by atoms with E-state index in [1.165, 1.54) is 11.8 Å². The van der Waals surface area contributed by atoms with Crippen molar-refractivity contribution in [3.8, 4) is 0 Å². The van der Waals surface area contributed by atoms with E-state index in [9.17, 15) is 24.3 Å². The number of thioether (sulfide) groups is 1. The summed E-state index contributed by atoms with van der Waals surface area (Å²) in [6.45, 7) is 13.2. The molecule has 1 saturated heterocycles. The van der Waals surface area contributed by atoms with Gasteiger partial charge >= 0.3 is 5.97 Å². The molecule has 4 aliphatic rings. The Morgan fingerprint density at radius 1 is 1.22 bits per heavy atom. The zero-order valence-electron chi connectivity index (χ0n) is 27.8. The van der Waals surface area contributed by atoms with Gasteiger partial charge in [0, 0.05) is 41.2 Å². The summed E-state index contributed by atoms with van der Waals surface area (Å²) in [4.78, 5) is 54.6. The highest BCUT2D eigenvalue weighted by molar-refractivity contribution is 8.00. The van der Waals surface area contributed by atoms with E-state index in [0.717, 1.165) is 36.1 Å². The van der Waals surface area contributed by atoms with E-state index in [4.69, 9.17) is 10.5 Å². The summed E-state index contributed by atoms with van der Waals surface area (Å²) < 4.78 is 6.38. The Kier molecular flexibility index (Phi) is 10.1. The maximum absolute atomic E-state index is 13.6. The van der Waals surface area contributed by atoms with E-state index >= 15 is 0 Å². The number of hydrogen-bond acceptors (Lipinski definition) is 8. The Labute approximate surface area is 277 Å². The van der Waals surface area contributed by atoms with E-state index in [-0.39, 0.29) is 59.0 Å². The summed E-state index contributed by atoms with van der Waals surface area (Å²) >= 11 is 1.37. The van der Waals surface area contributed by atoms with Crippen LogP contribution in [-0.2, 0) is 30.5 Å². The Bertz CT molecular complexity index is 1370. The van der Waals surface area contributed by atoms with E-state index in [0.29, 0.717) is 32.4 Å². The minimum atomic E-state index is -0.701. The van der Waals surface area contributed by atoms with Gasteiger partial charge in [-0.2, -0.15) is 0 Å². The van der Waals surface area contributed by atoms with Crippen molar-refractivity contribution in [2.75, 3.05) is 18.8 Å². The fourth-order valence-corrected chi connectivity index (χ4v) is 10.1. The number of hydrogen-bond donors (Lipinski definition) is 3. The lowest BCUT2D eigenvalue weighted by Gasteiger charge is -2.61. The third-order valence-corrected chi connectivity index (χ3v) is 13.3. The first kappa shape index (κ1) is 34.6. The number of nitrogens with zero attached hydrogens (tertiary/aromatic N) is 1. The van der Waals surface area contributed by atoms with Crippen LogP contribution in [0.1, 0.15) is 78.2 Å². The maximum atomic E-state index is 13.6. The number of carbonyl (C=O) groups excluding carboxylic acids is 4. The van der Waals surface area contributed by atoms with Crippen LogP contribution in [0, 0.1) is 34.0 Å². The highest BCUT2D eigenvalue weighted by Gasteiger charge is 2.68. The molecule has 10 heteroatoms. The highest BCUT2D eigenvalue weighted by Crippen LogP contribution is 2.68. The average molecular weight is 654 g/mol. The maximum Gasteiger partial charge on any atom is 0.316 e. The normalized spacial score (nSPS) is 37.2. The van der Waals surface area contributed by atoms with Gasteiger partial charge in [-0.3, -0.25) is 19.2 Å². The van der Waals surface area contributed by atoms with Crippen LogP contribution in [0.5, 0.6) is 0 Å². The summed E-state index contributed by atoms with van der Waals surface area (Å²) in [5, 5.41) is 14.7. The number of ether oxygens (including phenoxy) is 1. The van der Waals surface area contributed by atoms with E-state index in [1.54, 1.807) is 4.90 Å². The molecule has 1 heterocycles. The van der Waals surface area contributed by atoms with Crippen molar-refractivity contribution in [2.24, 2.45) is 39.7 Å². The van der Waals surface area contributed by atoms with Gasteiger partial charge in [-0.1, -0.05) is 45.9 Å². The standard InChI is InChI=1S/C36H51N3O6S/c1-6-34(4)18-28(35(5)22(2)12-14-36(23(3)32(34)43)15-13-27(40)31(35)36)45-30(42)21-46-25-10-7-9-24(17-25)20-38-33(44)26-11-8-16-39(26)29(41)19-37/h6-7,9-10,17,22-23,26,28,31-32,43H,1,8,11-16,18-21,37H2,2-5H3,(H,38,44)/t22?,23-,26+,28+,31?,32-,34+,35-,36?/m0/s1. The summed E-state index contributed by atoms with van der Waals surface area (Å²) in [7, 11) is 0. The fraction of sp³-hybridized carbons (Fsp3) is 0.667. The molecule has 0 spiro atoms. The van der Waals surface area contributed by atoms with Crippen molar-refractivity contribution in [1.82, 2.24) is 10.2 Å². The lowest BCUT2D eigenvalue weighted by atomic mass is 9.44. The van der Waals surface area contributed by atoms with Crippen LogP contribution in [0.2, 0.25) is 0 Å². The predicted molar refractivity (Wildman–Crippen MR) is 177 cm³/mol. The number of amides is 2. The molecule has 46 heavy (non-hydrogen) atoms. The van der Waals surface area contributed by atoms with Crippen molar-refractivity contribution in [1.29, 1.82) is 0 Å². The van der Waals surface area contributed by atoms with Gasteiger partial charge in [-0.05, 0) is 73.5 Å². The van der Waals surface area contributed by atoms with E-state index in [1.807, 2.05) is 37.3 Å². The number of likely N-dealkylation sites (tertiary alicyclic amines) is 1. The largest absolute Gasteiger partial charge is 0.461 e. The number of carbonyl (C=O) groups is 4. The number of ketones is 1. The smallest absolute Gasteiger partial charge is 0.316 e. The Hall–Kier alpha value is -2.69. The first-order chi connectivity index (χ1) is 21.8. The minimum absolute atomic E-state index is 0.0754. The number of benzene rings is 1. The zero-order valence-corrected chi connectivity index (χ0v) is 28.6. The molecule has 252 valence electrons. The molecule has 9 atom stereocenters. The van der Waals surface area contributed by atoms with Crippen molar-refractivity contribution < 1.29 is 29.0 Å². The van der Waals surface area contributed by atoms with Crippen LogP contribution in [0.4, 0.5) is 0 Å². The summed E-state index contributed by atoms with van der Waals surface area (Å²) in [5.74, 6) is -0.609. The fourth-order valence-electron chi connectivity index (χ4n) is 9.34. The van der Waals surface area contributed by atoms with Gasteiger partial charge in [0.05, 0.1) is 18.4 Å². The lowest BCUT2D eigenvalue weighted by molar-refractivity contribution is -0.205. The van der Waals surface area contributed by atoms with Gasteiger partial charge in [0.15, 0.2) is 0 Å². The van der Waals surface area contributed by atoms with Crippen molar-refractivity contribution in [3.05, 3.63) is 42.5 Å². The number of nitrogens with one attached hydrogen (secondary N) is 1. The molecule has 4 N–H and O–H groups in total. The zero-order chi connectivity index (χ0) is 33.4. The van der Waals surface area contributed by atoms with Crippen molar-refractivity contribution >= 4 is 35.3 Å². The summed E-state index contributed by atoms with van der Waals surface area (Å²) in [5.41, 5.74) is 4.86. The van der Waals surface area contributed by atoms with Gasteiger partial charge in [-0.15, -0.1) is 18.3 Å². The number of esters is 1. The Morgan fingerprint density at radius 2 is 1.98 bits per heavy atom. The van der Waals surface area contributed by atoms with Crippen LogP contribution in [0.15, 0.2) is 41.8 Å². The molecule has 1 aromatic rings. The highest BCUT2D eigenvalue weighted by atomic mass is 32.2. The number of Topliss-reactive ketones (excluding diaryl/α,β-unsaturated/α-hetero) is 1. The Morgan fingerprint density at radius 3 is 2.70 bits per heavy atom. The second-order valence-electron chi connectivity index (χ2n) is 14.7. The molecule has 0 aromatic heterocycles. The van der Waals surface area contributed by atoms with Gasteiger partial charge in [0.2, 0.25) is 11.8 Å². The molecule has 9 nitrogen and oxygen atoms in total. The molecule has 3 unspecified atom stereocenters. The van der Waals surface area contributed by atoms with E-state index < -0.39 is 29.1 Å². The second-order valence-corrected chi connectivity index (χ2v) is 15.7. The summed E-state index contributed by atoms with van der Waals surface area (Å²) in [6, 6.07) is 7.15. The predicted octanol–water partition coefficient (Wildman–Crippen LogP) is 4.25. The third kappa shape index (κ3) is 6.05. The molecular weight excluding hydrogens is 602 g/mol. The first-order valence-electron chi connectivity index (χ1n) is 16.8. The number of nitrogens with two attached hydrogens (primary N) is 1. The molecule has 0 radical (unpaired) electrons. The summed E-state index contributed by atoms with van der Waals surface area (Å²) in [6.07, 6.45) is 5.46. The Balaban J connectivity index is 1.27. The SMILES string of the molecule is C=C[C@]1(C)C[C@@H](OC(=O)CSc2cccc(CNC(=O)[C@H]3CCCN3C(=O)CN)c2)[C@]2(C)C(C)CCC3(CCC(=O)C32)[C@@H](C)[C@@H]1O. The van der Waals surface area contributed by atoms with Crippen LogP contribution < -0.4 is 11.1 Å². The van der Waals surface area contributed by atoms with Gasteiger partial charge in [0.1, 0.15) is 17.9 Å². The lowest BCUT2D eigenvalue weighted by Crippen LogP contribution is -2.63. The molecule has 1 aliphatic heterocycles. The van der Waals surface area contributed by atoms with E-state index in [2.05, 4.69) is 32.7 Å². The first-order valence-corrected chi connectivity index (χ1v) is 17.8. The molecule has 1 aromatic carbocycles. The van der Waals surface area contributed by atoms with Gasteiger partial charge < -0.3 is 25.8 Å². The minimum Gasteiger partial charge on any atom is -0.461 e. The molecule has 3 saturated carbocycles. The molecule has 5 rings (SSSR count). The third-order valence-electron chi connectivity index (χ3n) is 12.3. The topological polar surface area (TPSA) is 139 Å². The molecule has 3 aliphatic carbocycles. The quantitative estimate of drug-likeness (QED) is 0.204. The van der Waals surface area contributed by atoms with Crippen molar-refractivity contribution in [2.45, 2.75) is 102 Å². The molecular formula is C36H51N3O6S. The number of aliphatic hydroxyl groups is 1. The number of aliphatic hydroxyl groups excluding tert-OH is 1. The number of rotatable bonds is 9.